The number of hydrogen-bond acceptors (Lipinski definition) is 3. The average Bonchev–Trinajstić information content (AvgIpc) is 2.13. The second kappa shape index (κ2) is 4.09. The summed E-state index contributed by atoms with van der Waals surface area (Å²) in [6, 6.07) is 2.87. The van der Waals surface area contributed by atoms with E-state index in [0.717, 1.165) is 0 Å². The number of ether oxygens (including phenoxy) is 1. The third-order valence-electron chi connectivity index (χ3n) is 1.82. The summed E-state index contributed by atoms with van der Waals surface area (Å²) in [4.78, 5) is 11.0. The Morgan fingerprint density at radius 3 is 2.71 bits per heavy atom. The molecule has 2 N–H and O–H groups in total. The lowest BCUT2D eigenvalue weighted by Gasteiger charge is -2.08. The summed E-state index contributed by atoms with van der Waals surface area (Å²) in [5, 5.41) is 0. The number of nitrogen functional groups attached to an aromatic ring is 1. The number of rotatable bonds is 3. The highest BCUT2D eigenvalue weighted by Gasteiger charge is 2.13. The van der Waals surface area contributed by atoms with E-state index in [1.807, 2.05) is 0 Å². The van der Waals surface area contributed by atoms with E-state index in [0.29, 0.717) is 6.61 Å². The number of carbonyl (C=O) groups is 1. The first-order chi connectivity index (χ1) is 6.57. The first-order valence-corrected chi connectivity index (χ1v) is 4.29. The molecule has 0 aliphatic rings. The minimum atomic E-state index is -0.667. The molecule has 0 atom stereocenters. The number of carbonyl (C=O) groups excluding carboxylic acids is 1. The van der Waals surface area contributed by atoms with Crippen LogP contribution in [0.15, 0.2) is 12.1 Å². The fourth-order valence-corrected chi connectivity index (χ4v) is 1.15. The van der Waals surface area contributed by atoms with E-state index in [2.05, 4.69) is 0 Å². The van der Waals surface area contributed by atoms with E-state index in [9.17, 15) is 9.18 Å². The molecule has 0 amide bonds. The lowest BCUT2D eigenvalue weighted by molar-refractivity contribution is 0.101. The van der Waals surface area contributed by atoms with Crippen LogP contribution in [0.3, 0.4) is 0 Å². The summed E-state index contributed by atoms with van der Waals surface area (Å²) in [5.41, 5.74) is 5.48. The highest BCUT2D eigenvalue weighted by atomic mass is 19.1. The summed E-state index contributed by atoms with van der Waals surface area (Å²) in [5.74, 6) is -0.848. The second-order valence-corrected chi connectivity index (χ2v) is 2.83. The Morgan fingerprint density at radius 1 is 1.57 bits per heavy atom. The molecule has 0 bridgehead atoms. The number of hydrogen-bond donors (Lipinski definition) is 1. The monoisotopic (exact) mass is 197 g/mol. The molecule has 3 nitrogen and oxygen atoms in total. The van der Waals surface area contributed by atoms with E-state index in [1.165, 1.54) is 19.1 Å². The van der Waals surface area contributed by atoms with E-state index >= 15 is 0 Å². The van der Waals surface area contributed by atoms with Crippen LogP contribution in [0, 0.1) is 5.82 Å². The first kappa shape index (κ1) is 10.5. The van der Waals surface area contributed by atoms with Gasteiger partial charge >= 0.3 is 0 Å². The molecule has 0 aliphatic heterocycles. The average molecular weight is 197 g/mol. The molecule has 4 heteroatoms. The zero-order chi connectivity index (χ0) is 10.7. The highest BCUT2D eigenvalue weighted by molar-refractivity contribution is 5.99. The normalized spacial score (nSPS) is 9.93. The standard InChI is InChI=1S/C10H12FNO2/c1-3-14-8-5-4-7(6(2)13)10(12)9(8)11/h4-5H,3,12H2,1-2H3. The van der Waals surface area contributed by atoms with E-state index in [1.54, 1.807) is 6.92 Å². The van der Waals surface area contributed by atoms with Crippen LogP contribution in [-0.4, -0.2) is 12.4 Å². The topological polar surface area (TPSA) is 52.3 Å². The van der Waals surface area contributed by atoms with Crippen LogP contribution in [0.4, 0.5) is 10.1 Å². The van der Waals surface area contributed by atoms with Crippen molar-refractivity contribution in [3.05, 3.63) is 23.5 Å². The molecular formula is C10H12FNO2. The molecule has 0 unspecified atom stereocenters. The Bertz CT molecular complexity index is 363. The van der Waals surface area contributed by atoms with Gasteiger partial charge in [-0.2, -0.15) is 0 Å². The van der Waals surface area contributed by atoms with Crippen molar-refractivity contribution in [1.29, 1.82) is 0 Å². The molecule has 0 aliphatic carbocycles. The number of halogens is 1. The molecule has 0 fully saturated rings. The fourth-order valence-electron chi connectivity index (χ4n) is 1.15. The molecule has 1 rings (SSSR count). The first-order valence-electron chi connectivity index (χ1n) is 4.29. The van der Waals surface area contributed by atoms with Crippen LogP contribution in [0.5, 0.6) is 5.75 Å². The maximum Gasteiger partial charge on any atom is 0.188 e. The van der Waals surface area contributed by atoms with Gasteiger partial charge in [0.1, 0.15) is 0 Å². The predicted octanol–water partition coefficient (Wildman–Crippen LogP) is 2.01. The van der Waals surface area contributed by atoms with Gasteiger partial charge in [0.2, 0.25) is 0 Å². The van der Waals surface area contributed by atoms with Gasteiger partial charge in [0.05, 0.1) is 12.3 Å². The highest BCUT2D eigenvalue weighted by Crippen LogP contribution is 2.26. The van der Waals surface area contributed by atoms with Crippen molar-refractivity contribution in [3.8, 4) is 5.75 Å². The summed E-state index contributed by atoms with van der Waals surface area (Å²) >= 11 is 0. The quantitative estimate of drug-likeness (QED) is 0.595. The van der Waals surface area contributed by atoms with Crippen molar-refractivity contribution in [3.63, 3.8) is 0 Å². The Morgan fingerprint density at radius 2 is 2.21 bits per heavy atom. The van der Waals surface area contributed by atoms with E-state index in [-0.39, 0.29) is 22.8 Å². The third kappa shape index (κ3) is 1.84. The van der Waals surface area contributed by atoms with Gasteiger partial charge in [-0.25, -0.2) is 4.39 Å². The molecule has 1 aromatic carbocycles. The zero-order valence-electron chi connectivity index (χ0n) is 8.13. The molecule has 1 aromatic rings. The Kier molecular flexibility index (Phi) is 3.06. The van der Waals surface area contributed by atoms with Crippen LogP contribution in [-0.2, 0) is 0 Å². The van der Waals surface area contributed by atoms with Crippen molar-refractivity contribution in [2.75, 3.05) is 12.3 Å². The molecule has 14 heavy (non-hydrogen) atoms. The summed E-state index contributed by atoms with van der Waals surface area (Å²) < 4.78 is 18.4. The van der Waals surface area contributed by atoms with Crippen LogP contribution >= 0.6 is 0 Å². The van der Waals surface area contributed by atoms with Crippen LogP contribution in [0.2, 0.25) is 0 Å². The van der Waals surface area contributed by atoms with Crippen molar-refractivity contribution in [2.45, 2.75) is 13.8 Å². The van der Waals surface area contributed by atoms with Gasteiger partial charge in [0.15, 0.2) is 17.3 Å². The van der Waals surface area contributed by atoms with E-state index in [4.69, 9.17) is 10.5 Å². The molecule has 0 saturated carbocycles. The molecule has 0 spiro atoms. The predicted molar refractivity (Wildman–Crippen MR) is 52.0 cm³/mol. The van der Waals surface area contributed by atoms with Crippen molar-refractivity contribution < 1.29 is 13.9 Å². The van der Waals surface area contributed by atoms with Gasteiger partial charge < -0.3 is 10.5 Å². The summed E-state index contributed by atoms with van der Waals surface area (Å²) in [7, 11) is 0. The fraction of sp³-hybridized carbons (Fsp3) is 0.300. The minimum Gasteiger partial charge on any atom is -0.491 e. The minimum absolute atomic E-state index is 0.0787. The van der Waals surface area contributed by atoms with Gasteiger partial charge in [-0.15, -0.1) is 0 Å². The van der Waals surface area contributed by atoms with Crippen LogP contribution < -0.4 is 10.5 Å². The van der Waals surface area contributed by atoms with Gasteiger partial charge in [0, 0.05) is 5.56 Å². The number of ketones is 1. The molecule has 0 heterocycles. The lowest BCUT2D eigenvalue weighted by Crippen LogP contribution is -2.05. The SMILES string of the molecule is CCOc1ccc(C(C)=O)c(N)c1F. The third-order valence-corrected chi connectivity index (χ3v) is 1.82. The maximum atomic E-state index is 13.4. The Hall–Kier alpha value is -1.58. The van der Waals surface area contributed by atoms with Gasteiger partial charge in [-0.1, -0.05) is 0 Å². The number of nitrogens with two attached hydrogens (primary N) is 1. The van der Waals surface area contributed by atoms with Crippen molar-refractivity contribution in [1.82, 2.24) is 0 Å². The number of benzene rings is 1. The largest absolute Gasteiger partial charge is 0.491 e. The Labute approximate surface area is 81.7 Å². The molecule has 0 saturated heterocycles. The molecule has 0 aromatic heterocycles. The molecule has 0 radical (unpaired) electrons. The Balaban J connectivity index is 3.19. The van der Waals surface area contributed by atoms with Crippen molar-refractivity contribution in [2.24, 2.45) is 0 Å². The second-order valence-electron chi connectivity index (χ2n) is 2.83. The van der Waals surface area contributed by atoms with Crippen molar-refractivity contribution >= 4 is 11.5 Å². The van der Waals surface area contributed by atoms with E-state index < -0.39 is 5.82 Å². The number of Topliss-reactive ketones (excluding diaryl/α,β-unsaturated/α-hetero) is 1. The van der Waals surface area contributed by atoms with Gasteiger partial charge in [-0.05, 0) is 26.0 Å². The summed E-state index contributed by atoms with van der Waals surface area (Å²) in [6.45, 7) is 3.44. The van der Waals surface area contributed by atoms with Gasteiger partial charge in [0.25, 0.3) is 0 Å². The molecule has 76 valence electrons. The van der Waals surface area contributed by atoms with Crippen LogP contribution in [0.25, 0.3) is 0 Å². The molecular weight excluding hydrogens is 185 g/mol. The zero-order valence-corrected chi connectivity index (χ0v) is 8.13. The summed E-state index contributed by atoms with van der Waals surface area (Å²) in [6.07, 6.45) is 0. The number of anilines is 1. The van der Waals surface area contributed by atoms with Gasteiger partial charge in [-0.3, -0.25) is 4.79 Å². The van der Waals surface area contributed by atoms with Crippen LogP contribution in [0.1, 0.15) is 24.2 Å². The maximum absolute atomic E-state index is 13.4. The lowest BCUT2D eigenvalue weighted by atomic mass is 10.1. The smallest absolute Gasteiger partial charge is 0.188 e.